The fourth-order valence-corrected chi connectivity index (χ4v) is 11.3. The first kappa shape index (κ1) is 35.4. The fourth-order valence-electron chi connectivity index (χ4n) is 10.2. The van der Waals surface area contributed by atoms with Crippen LogP contribution in [0, 0.1) is 0 Å². The van der Waals surface area contributed by atoms with E-state index in [9.17, 15) is 0 Å². The molecule has 0 radical (unpaired) electrons. The van der Waals surface area contributed by atoms with Crippen molar-refractivity contribution in [2.75, 3.05) is 4.90 Å². The van der Waals surface area contributed by atoms with E-state index in [1.54, 1.807) is 0 Å². The Hall–Kier alpha value is -7.52. The Labute approximate surface area is 360 Å². The molecule has 1 heterocycles. The van der Waals surface area contributed by atoms with Crippen molar-refractivity contribution in [2.24, 2.45) is 0 Å². The van der Waals surface area contributed by atoms with Gasteiger partial charge < -0.3 is 4.90 Å². The molecule has 0 bridgehead atoms. The molecule has 0 saturated heterocycles. The zero-order chi connectivity index (χ0) is 40.3. The van der Waals surface area contributed by atoms with Gasteiger partial charge in [-0.15, -0.1) is 11.3 Å². The maximum absolute atomic E-state index is 2.50. The minimum Gasteiger partial charge on any atom is -0.310 e. The monoisotopic (exact) mass is 793 g/mol. The van der Waals surface area contributed by atoms with Crippen LogP contribution in [0.4, 0.5) is 17.1 Å². The molecule has 10 aromatic carbocycles. The number of anilines is 3. The summed E-state index contributed by atoms with van der Waals surface area (Å²) >= 11 is 1.87. The highest BCUT2D eigenvalue weighted by molar-refractivity contribution is 7.25. The lowest BCUT2D eigenvalue weighted by atomic mass is 9.67. The van der Waals surface area contributed by atoms with E-state index in [0.717, 1.165) is 17.1 Å². The van der Waals surface area contributed by atoms with Crippen molar-refractivity contribution in [1.29, 1.82) is 0 Å². The van der Waals surface area contributed by atoms with E-state index in [2.05, 4.69) is 241 Å². The molecule has 0 atom stereocenters. The van der Waals surface area contributed by atoms with Gasteiger partial charge in [0.1, 0.15) is 0 Å². The zero-order valence-corrected chi connectivity index (χ0v) is 34.2. The summed E-state index contributed by atoms with van der Waals surface area (Å²) in [6.07, 6.45) is 0. The molecule has 0 aliphatic heterocycles. The normalized spacial score (nSPS) is 12.7. The first-order valence-electron chi connectivity index (χ1n) is 21.0. The molecule has 1 nitrogen and oxygen atoms in total. The van der Waals surface area contributed by atoms with Gasteiger partial charge in [0.05, 0.1) is 11.1 Å². The number of rotatable bonds is 7. The number of hydrogen-bond donors (Lipinski definition) is 0. The maximum Gasteiger partial charge on any atom is 0.0714 e. The number of fused-ring (bicyclic) bond motifs is 7. The molecule has 11 aromatic rings. The lowest BCUT2D eigenvalue weighted by molar-refractivity contribution is 0.768. The molecule has 0 unspecified atom stereocenters. The molecule has 0 N–H and O–H groups in total. The molecule has 2 heteroatoms. The molecule has 0 saturated carbocycles. The van der Waals surface area contributed by atoms with Crippen molar-refractivity contribution in [3.63, 3.8) is 0 Å². The Morgan fingerprint density at radius 2 is 0.918 bits per heavy atom. The van der Waals surface area contributed by atoms with Crippen molar-refractivity contribution in [3.05, 3.63) is 259 Å². The summed E-state index contributed by atoms with van der Waals surface area (Å²) in [5.74, 6) is 0. The van der Waals surface area contributed by atoms with Crippen LogP contribution in [-0.2, 0) is 5.41 Å². The maximum atomic E-state index is 2.50. The second kappa shape index (κ2) is 14.3. The van der Waals surface area contributed by atoms with Crippen LogP contribution in [0.25, 0.3) is 64.3 Å². The predicted octanol–water partition coefficient (Wildman–Crippen LogP) is 16.4. The summed E-state index contributed by atoms with van der Waals surface area (Å²) in [6.45, 7) is 0. The molecule has 1 aliphatic rings. The number of nitrogens with zero attached hydrogens (tertiary/aromatic N) is 1. The van der Waals surface area contributed by atoms with Crippen LogP contribution in [0.15, 0.2) is 237 Å². The molecule has 0 fully saturated rings. The van der Waals surface area contributed by atoms with E-state index in [1.807, 2.05) is 11.3 Å². The Morgan fingerprint density at radius 3 is 1.75 bits per heavy atom. The van der Waals surface area contributed by atoms with Gasteiger partial charge in [0.25, 0.3) is 0 Å². The number of hydrogen-bond acceptors (Lipinski definition) is 2. The van der Waals surface area contributed by atoms with Gasteiger partial charge in [-0.3, -0.25) is 0 Å². The molecule has 0 amide bonds. The number of para-hydroxylation sites is 1. The van der Waals surface area contributed by atoms with Crippen LogP contribution in [-0.4, -0.2) is 0 Å². The van der Waals surface area contributed by atoms with Gasteiger partial charge in [-0.2, -0.15) is 0 Å². The van der Waals surface area contributed by atoms with E-state index >= 15 is 0 Å². The van der Waals surface area contributed by atoms with E-state index in [0.29, 0.717) is 0 Å². The van der Waals surface area contributed by atoms with Crippen molar-refractivity contribution < 1.29 is 0 Å². The topological polar surface area (TPSA) is 3.24 Å². The van der Waals surface area contributed by atoms with Crippen molar-refractivity contribution in [3.8, 4) is 33.4 Å². The highest BCUT2D eigenvalue weighted by Gasteiger charge is 2.46. The van der Waals surface area contributed by atoms with Crippen LogP contribution in [0.2, 0.25) is 0 Å². The van der Waals surface area contributed by atoms with E-state index in [4.69, 9.17) is 0 Å². The third kappa shape index (κ3) is 5.53. The van der Waals surface area contributed by atoms with Crippen LogP contribution < -0.4 is 4.90 Å². The van der Waals surface area contributed by atoms with Crippen molar-refractivity contribution in [2.45, 2.75) is 5.41 Å². The van der Waals surface area contributed by atoms with Crippen molar-refractivity contribution >= 4 is 59.3 Å². The SMILES string of the molecule is c1ccc(C2(c3ccccc3)c3ccccc3-c3ccc(N(c4cccc(-c5cccc6ccccc56)c4)c4ccccc4-c4cccc5sc6ccccc6c45)cc32)cc1. The summed E-state index contributed by atoms with van der Waals surface area (Å²) in [6, 6.07) is 87.4. The number of thiophene rings is 1. The summed E-state index contributed by atoms with van der Waals surface area (Å²) in [7, 11) is 0. The fraction of sp³-hybridized carbons (Fsp3) is 0.0169. The van der Waals surface area contributed by atoms with E-state index in [1.165, 1.54) is 86.6 Å². The second-order valence-corrected chi connectivity index (χ2v) is 17.0. The first-order valence-corrected chi connectivity index (χ1v) is 21.8. The third-order valence-corrected chi connectivity index (χ3v) is 13.9. The molecule has 1 aromatic heterocycles. The summed E-state index contributed by atoms with van der Waals surface area (Å²) < 4.78 is 2.60. The molecular formula is C59H39NS. The molecule has 0 spiro atoms. The van der Waals surface area contributed by atoms with Gasteiger partial charge in [0.2, 0.25) is 0 Å². The smallest absolute Gasteiger partial charge is 0.0714 e. The third-order valence-electron chi connectivity index (χ3n) is 12.7. The molecule has 61 heavy (non-hydrogen) atoms. The second-order valence-electron chi connectivity index (χ2n) is 16.0. The predicted molar refractivity (Wildman–Crippen MR) is 260 cm³/mol. The zero-order valence-electron chi connectivity index (χ0n) is 33.4. The average Bonchev–Trinajstić information content (AvgIpc) is 3.86. The summed E-state index contributed by atoms with van der Waals surface area (Å²) in [5.41, 5.74) is 15.3. The Bertz CT molecular complexity index is 3390. The van der Waals surface area contributed by atoms with Gasteiger partial charge in [-0.1, -0.05) is 194 Å². The lowest BCUT2D eigenvalue weighted by Gasteiger charge is -2.35. The van der Waals surface area contributed by atoms with Crippen LogP contribution in [0.5, 0.6) is 0 Å². The standard InChI is InChI=1S/C59H39NS/c1-3-21-42(22-4-1)59(43-23-5-2-6-24-43)53-32-12-9-27-48(53)49-37-36-45(39-54(49)59)60(44-25-15-20-41(38-44)47-30-16-19-40-18-7-8-26-46(40)47)55-33-13-10-28-50(55)51-31-17-35-57-58(51)52-29-11-14-34-56(52)61-57/h1-39H. The first-order chi connectivity index (χ1) is 30.3. The minimum absolute atomic E-state index is 0.526. The number of benzene rings is 10. The lowest BCUT2D eigenvalue weighted by Crippen LogP contribution is -2.28. The highest BCUT2D eigenvalue weighted by atomic mass is 32.1. The quantitative estimate of drug-likeness (QED) is 0.155. The van der Waals surface area contributed by atoms with Gasteiger partial charge >= 0.3 is 0 Å². The molecule has 286 valence electrons. The molecule has 12 rings (SSSR count). The Morgan fingerprint density at radius 1 is 0.344 bits per heavy atom. The van der Waals surface area contributed by atoms with Gasteiger partial charge in [0.15, 0.2) is 0 Å². The van der Waals surface area contributed by atoms with Crippen LogP contribution in [0.1, 0.15) is 22.3 Å². The van der Waals surface area contributed by atoms with Gasteiger partial charge in [-0.05, 0) is 103 Å². The largest absolute Gasteiger partial charge is 0.310 e. The summed E-state index contributed by atoms with van der Waals surface area (Å²) in [4.78, 5) is 2.50. The molecule has 1 aliphatic carbocycles. The van der Waals surface area contributed by atoms with E-state index in [-0.39, 0.29) is 0 Å². The minimum atomic E-state index is -0.526. The Kier molecular flexibility index (Phi) is 8.33. The summed E-state index contributed by atoms with van der Waals surface area (Å²) in [5, 5.41) is 5.08. The van der Waals surface area contributed by atoms with Gasteiger partial charge in [-0.25, -0.2) is 0 Å². The highest BCUT2D eigenvalue weighted by Crippen LogP contribution is 2.57. The van der Waals surface area contributed by atoms with Crippen LogP contribution >= 0.6 is 11.3 Å². The van der Waals surface area contributed by atoms with Crippen molar-refractivity contribution in [1.82, 2.24) is 0 Å². The average molecular weight is 794 g/mol. The Balaban J connectivity index is 1.15. The molecular weight excluding hydrogens is 755 g/mol. The van der Waals surface area contributed by atoms with E-state index < -0.39 is 5.41 Å². The van der Waals surface area contributed by atoms with Crippen LogP contribution in [0.3, 0.4) is 0 Å². The van der Waals surface area contributed by atoms with Gasteiger partial charge in [0, 0.05) is 37.1 Å².